The minimum absolute atomic E-state index is 0.223. The van der Waals surface area contributed by atoms with Crippen LogP contribution in [0.5, 0.6) is 0 Å². The molecule has 1 N–H and O–H groups in total. The van der Waals surface area contributed by atoms with Gasteiger partial charge in [-0.15, -0.1) is 0 Å². The minimum atomic E-state index is -0.223. The summed E-state index contributed by atoms with van der Waals surface area (Å²) < 4.78 is 4.73. The molecule has 118 valence electrons. The number of hydrogen-bond acceptors (Lipinski definition) is 3. The van der Waals surface area contributed by atoms with Gasteiger partial charge in [0.15, 0.2) is 0 Å². The third-order valence-electron chi connectivity index (χ3n) is 6.34. The molecule has 0 radical (unpaired) electrons. The lowest BCUT2D eigenvalue weighted by molar-refractivity contribution is -0.136. The van der Waals surface area contributed by atoms with Gasteiger partial charge in [-0.3, -0.25) is 0 Å². The summed E-state index contributed by atoms with van der Waals surface area (Å²) in [7, 11) is 1.44. The largest absolute Gasteiger partial charge is 0.466 e. The Bertz CT molecular complexity index is 405. The van der Waals surface area contributed by atoms with Crippen molar-refractivity contribution in [1.29, 1.82) is 0 Å². The summed E-state index contributed by atoms with van der Waals surface area (Å²) in [6.45, 7) is 4.95. The smallest absolute Gasteiger partial charge is 0.333 e. The van der Waals surface area contributed by atoms with Gasteiger partial charge in [-0.25, -0.2) is 4.79 Å². The average Bonchev–Trinajstić information content (AvgIpc) is 2.44. The van der Waals surface area contributed by atoms with E-state index in [1.165, 1.54) is 45.6 Å². The lowest BCUT2D eigenvalue weighted by Gasteiger charge is -2.59. The lowest BCUT2D eigenvalue weighted by Crippen LogP contribution is -2.54. The zero-order valence-electron chi connectivity index (χ0n) is 13.7. The van der Waals surface area contributed by atoms with Crippen LogP contribution in [0.3, 0.4) is 0 Å². The maximum atomic E-state index is 11.4. The van der Waals surface area contributed by atoms with Crippen LogP contribution in [0, 0.1) is 23.2 Å². The summed E-state index contributed by atoms with van der Waals surface area (Å²) in [5.41, 5.74) is 1.23. The van der Waals surface area contributed by atoms with E-state index in [4.69, 9.17) is 4.74 Å². The van der Waals surface area contributed by atoms with E-state index < -0.39 is 0 Å². The second kappa shape index (κ2) is 5.75. The van der Waals surface area contributed by atoms with E-state index in [0.29, 0.717) is 17.0 Å². The minimum Gasteiger partial charge on any atom is -0.466 e. The van der Waals surface area contributed by atoms with Crippen molar-refractivity contribution in [2.24, 2.45) is 23.2 Å². The second-order valence-corrected chi connectivity index (χ2v) is 7.79. The number of esters is 1. The highest BCUT2D eigenvalue weighted by Gasteiger charge is 2.52. The van der Waals surface area contributed by atoms with E-state index in [2.05, 4.69) is 12.2 Å². The van der Waals surface area contributed by atoms with Crippen LogP contribution in [-0.2, 0) is 9.53 Å². The van der Waals surface area contributed by atoms with E-state index in [1.54, 1.807) is 0 Å². The molecule has 4 fully saturated rings. The molecule has 3 nitrogen and oxygen atoms in total. The molecule has 1 atom stereocenters. The van der Waals surface area contributed by atoms with Gasteiger partial charge in [0.05, 0.1) is 7.11 Å². The van der Waals surface area contributed by atoms with Crippen LogP contribution in [0.2, 0.25) is 0 Å². The molecule has 0 spiro atoms. The van der Waals surface area contributed by atoms with Gasteiger partial charge in [0.2, 0.25) is 0 Å². The molecule has 0 amide bonds. The maximum absolute atomic E-state index is 11.4. The van der Waals surface area contributed by atoms with Crippen molar-refractivity contribution in [1.82, 2.24) is 5.32 Å². The number of carbonyl (C=O) groups excluding carboxylic acids is 1. The number of rotatable bonds is 5. The highest BCUT2D eigenvalue weighted by atomic mass is 16.5. The summed E-state index contributed by atoms with van der Waals surface area (Å²) in [6, 6.07) is 0.549. The lowest BCUT2D eigenvalue weighted by atomic mass is 9.48. The van der Waals surface area contributed by atoms with Crippen molar-refractivity contribution in [2.75, 3.05) is 13.7 Å². The first-order valence-corrected chi connectivity index (χ1v) is 8.51. The van der Waals surface area contributed by atoms with Gasteiger partial charge in [-0.2, -0.15) is 0 Å². The van der Waals surface area contributed by atoms with Crippen LogP contribution >= 0.6 is 0 Å². The Kier molecular flexibility index (Phi) is 4.13. The summed E-state index contributed by atoms with van der Waals surface area (Å²) in [5, 5.41) is 3.67. The highest BCUT2D eigenvalue weighted by molar-refractivity contribution is 5.87. The van der Waals surface area contributed by atoms with Gasteiger partial charge in [-0.1, -0.05) is 6.08 Å². The van der Waals surface area contributed by atoms with Crippen molar-refractivity contribution in [2.45, 2.75) is 58.4 Å². The average molecular weight is 291 g/mol. The fourth-order valence-electron chi connectivity index (χ4n) is 5.56. The highest BCUT2D eigenvalue weighted by Crippen LogP contribution is 2.61. The van der Waals surface area contributed by atoms with Crippen molar-refractivity contribution >= 4 is 5.97 Å². The van der Waals surface area contributed by atoms with Gasteiger partial charge < -0.3 is 10.1 Å². The van der Waals surface area contributed by atoms with Gasteiger partial charge in [-0.05, 0) is 75.5 Å². The first-order valence-electron chi connectivity index (χ1n) is 8.51. The quantitative estimate of drug-likeness (QED) is 0.624. The van der Waals surface area contributed by atoms with Crippen molar-refractivity contribution < 1.29 is 9.53 Å². The van der Waals surface area contributed by atoms with E-state index in [0.717, 1.165) is 24.3 Å². The Hall–Kier alpha value is -0.830. The van der Waals surface area contributed by atoms with Crippen LogP contribution in [0.25, 0.3) is 0 Å². The Labute approximate surface area is 128 Å². The molecule has 1 unspecified atom stereocenters. The fraction of sp³-hybridized carbons (Fsp3) is 0.833. The Morgan fingerprint density at radius 2 is 1.76 bits per heavy atom. The fourth-order valence-corrected chi connectivity index (χ4v) is 5.56. The Morgan fingerprint density at radius 1 is 1.24 bits per heavy atom. The molecule has 0 aromatic rings. The number of carbonyl (C=O) groups is 1. The predicted molar refractivity (Wildman–Crippen MR) is 83.8 cm³/mol. The summed E-state index contributed by atoms with van der Waals surface area (Å²) in [6.07, 6.45) is 10.7. The molecular formula is C18H29NO2. The molecule has 4 bridgehead atoms. The van der Waals surface area contributed by atoms with Crippen LogP contribution in [0.4, 0.5) is 0 Å². The van der Waals surface area contributed by atoms with Gasteiger partial charge in [0, 0.05) is 18.2 Å². The maximum Gasteiger partial charge on any atom is 0.333 e. The second-order valence-electron chi connectivity index (χ2n) is 7.79. The Balaban J connectivity index is 1.58. The zero-order chi connectivity index (χ0) is 15.0. The SMILES string of the molecule is COC(=O)C(C)=CCNC(C)C12CC3CC(CC(C3)C1)C2. The normalized spacial score (nSPS) is 39.4. The van der Waals surface area contributed by atoms with Gasteiger partial charge >= 0.3 is 5.97 Å². The molecule has 0 aromatic heterocycles. The van der Waals surface area contributed by atoms with Gasteiger partial charge in [0.25, 0.3) is 0 Å². The van der Waals surface area contributed by atoms with Crippen LogP contribution in [0.15, 0.2) is 11.6 Å². The molecule has 0 heterocycles. The third-order valence-corrected chi connectivity index (χ3v) is 6.34. The van der Waals surface area contributed by atoms with E-state index in [9.17, 15) is 4.79 Å². The molecular weight excluding hydrogens is 262 g/mol. The molecule has 4 aliphatic rings. The molecule has 4 aliphatic carbocycles. The monoisotopic (exact) mass is 291 g/mol. The number of hydrogen-bond donors (Lipinski definition) is 1. The van der Waals surface area contributed by atoms with Crippen molar-refractivity contribution in [3.8, 4) is 0 Å². The van der Waals surface area contributed by atoms with Crippen LogP contribution < -0.4 is 5.32 Å². The van der Waals surface area contributed by atoms with E-state index >= 15 is 0 Å². The molecule has 4 rings (SSSR count). The molecule has 0 aliphatic heterocycles. The van der Waals surface area contributed by atoms with E-state index in [-0.39, 0.29) is 5.97 Å². The molecule has 0 saturated heterocycles. The number of ether oxygens (including phenoxy) is 1. The zero-order valence-corrected chi connectivity index (χ0v) is 13.7. The molecule has 0 aromatic carbocycles. The summed E-state index contributed by atoms with van der Waals surface area (Å²) >= 11 is 0. The molecule has 3 heteroatoms. The standard InChI is InChI=1S/C18H29NO2/c1-12(17(20)21-3)4-5-19-13(2)18-9-14-6-15(10-18)8-16(7-14)11-18/h4,13-16,19H,5-11H2,1-3H3. The number of nitrogens with one attached hydrogen (secondary N) is 1. The van der Waals surface area contributed by atoms with Crippen LogP contribution in [0.1, 0.15) is 52.4 Å². The summed E-state index contributed by atoms with van der Waals surface area (Å²) in [5.74, 6) is 2.76. The van der Waals surface area contributed by atoms with Crippen LogP contribution in [-0.4, -0.2) is 25.7 Å². The van der Waals surface area contributed by atoms with E-state index in [1.807, 2.05) is 13.0 Å². The van der Waals surface area contributed by atoms with Gasteiger partial charge in [0.1, 0.15) is 0 Å². The first-order chi connectivity index (χ1) is 10.0. The molecule has 21 heavy (non-hydrogen) atoms. The Morgan fingerprint density at radius 3 is 2.24 bits per heavy atom. The first kappa shape index (κ1) is 15.1. The molecule has 4 saturated carbocycles. The third kappa shape index (κ3) is 2.90. The van der Waals surface area contributed by atoms with Crippen molar-refractivity contribution in [3.63, 3.8) is 0 Å². The summed E-state index contributed by atoms with van der Waals surface area (Å²) in [4.78, 5) is 11.4. The van der Waals surface area contributed by atoms with Crippen molar-refractivity contribution in [3.05, 3.63) is 11.6 Å². The predicted octanol–water partition coefficient (Wildman–Crippen LogP) is 3.30. The topological polar surface area (TPSA) is 38.3 Å². The number of methoxy groups -OCH3 is 1.